The van der Waals surface area contributed by atoms with Crippen molar-refractivity contribution in [1.82, 2.24) is 4.90 Å². The van der Waals surface area contributed by atoms with E-state index in [9.17, 15) is 4.79 Å². The molecule has 6 heteroatoms. The minimum atomic E-state index is -0.321. The fourth-order valence-corrected chi connectivity index (χ4v) is 4.35. The molecule has 0 atom stereocenters. The van der Waals surface area contributed by atoms with Crippen molar-refractivity contribution in [2.75, 3.05) is 51.3 Å². The Balaban J connectivity index is 1.23. The van der Waals surface area contributed by atoms with Crippen LogP contribution in [0.15, 0.2) is 51.7 Å². The predicted octanol–water partition coefficient (Wildman–Crippen LogP) is 4.40. The summed E-state index contributed by atoms with van der Waals surface area (Å²) in [7, 11) is 1.71. The molecule has 0 unspecified atom stereocenters. The second-order valence-electron chi connectivity index (χ2n) is 8.47. The molecule has 6 nitrogen and oxygen atoms in total. The molecule has 1 aromatic heterocycles. The predicted molar refractivity (Wildman–Crippen MR) is 128 cm³/mol. The highest BCUT2D eigenvalue weighted by molar-refractivity contribution is 5.87. The standard InChI is InChI=1S/C26H32N2O4/c1-19-15-23(26-20(2)17-25(29)32-24(26)16-19)31-14-5-4-9-27-10-12-28(13-11-27)21-7-6-8-22(18-21)30-3/h6-8,15-18H,4-5,9-14H2,1-3H3. The van der Waals surface area contributed by atoms with Gasteiger partial charge in [-0.1, -0.05) is 6.07 Å². The largest absolute Gasteiger partial charge is 0.497 e. The highest BCUT2D eigenvalue weighted by atomic mass is 16.5. The van der Waals surface area contributed by atoms with Crippen molar-refractivity contribution in [2.45, 2.75) is 26.7 Å². The topological polar surface area (TPSA) is 55.1 Å². The summed E-state index contributed by atoms with van der Waals surface area (Å²) >= 11 is 0. The molecule has 0 spiro atoms. The molecule has 1 aliphatic rings. The van der Waals surface area contributed by atoms with Crippen LogP contribution in [0.2, 0.25) is 0 Å². The van der Waals surface area contributed by atoms with E-state index in [2.05, 4.69) is 21.9 Å². The first-order valence-electron chi connectivity index (χ1n) is 11.3. The zero-order valence-corrected chi connectivity index (χ0v) is 19.2. The van der Waals surface area contributed by atoms with Crippen LogP contribution in [-0.2, 0) is 0 Å². The quantitative estimate of drug-likeness (QED) is 0.385. The maximum atomic E-state index is 11.7. The number of hydrogen-bond donors (Lipinski definition) is 0. The first-order valence-corrected chi connectivity index (χ1v) is 11.3. The van der Waals surface area contributed by atoms with Gasteiger partial charge in [-0.2, -0.15) is 0 Å². The first kappa shape index (κ1) is 22.2. The second-order valence-corrected chi connectivity index (χ2v) is 8.47. The maximum absolute atomic E-state index is 11.7. The van der Waals surface area contributed by atoms with Gasteiger partial charge in [0, 0.05) is 44.0 Å². The van der Waals surface area contributed by atoms with Gasteiger partial charge in [0.05, 0.1) is 19.1 Å². The monoisotopic (exact) mass is 436 g/mol. The van der Waals surface area contributed by atoms with Crippen LogP contribution in [0.3, 0.4) is 0 Å². The summed E-state index contributed by atoms with van der Waals surface area (Å²) < 4.78 is 16.8. The number of hydrogen-bond acceptors (Lipinski definition) is 6. The van der Waals surface area contributed by atoms with Crippen LogP contribution in [0, 0.1) is 13.8 Å². The number of unbranched alkanes of at least 4 members (excludes halogenated alkanes) is 1. The van der Waals surface area contributed by atoms with Crippen LogP contribution >= 0.6 is 0 Å². The minimum absolute atomic E-state index is 0.321. The molecule has 1 aliphatic heterocycles. The Morgan fingerprint density at radius 2 is 1.81 bits per heavy atom. The molecule has 4 rings (SSSR count). The first-order chi connectivity index (χ1) is 15.5. The fraction of sp³-hybridized carbons (Fsp3) is 0.423. The molecule has 0 saturated carbocycles. The lowest BCUT2D eigenvalue weighted by Crippen LogP contribution is -2.46. The smallest absolute Gasteiger partial charge is 0.336 e. The summed E-state index contributed by atoms with van der Waals surface area (Å²) in [4.78, 5) is 16.6. The summed E-state index contributed by atoms with van der Waals surface area (Å²) in [6.07, 6.45) is 2.08. The summed E-state index contributed by atoms with van der Waals surface area (Å²) in [5, 5.41) is 0.892. The zero-order chi connectivity index (χ0) is 22.5. The number of benzene rings is 2. The minimum Gasteiger partial charge on any atom is -0.497 e. The lowest BCUT2D eigenvalue weighted by molar-refractivity contribution is 0.239. The van der Waals surface area contributed by atoms with E-state index >= 15 is 0 Å². The van der Waals surface area contributed by atoms with Gasteiger partial charge in [0.1, 0.15) is 17.1 Å². The Morgan fingerprint density at radius 1 is 1.00 bits per heavy atom. The van der Waals surface area contributed by atoms with Gasteiger partial charge < -0.3 is 18.8 Å². The summed E-state index contributed by atoms with van der Waals surface area (Å²) in [5.41, 5.74) is 3.42. The zero-order valence-electron chi connectivity index (χ0n) is 19.2. The number of nitrogens with zero attached hydrogens (tertiary/aromatic N) is 2. The van der Waals surface area contributed by atoms with Gasteiger partial charge in [-0.15, -0.1) is 0 Å². The molecule has 0 radical (unpaired) electrons. The summed E-state index contributed by atoms with van der Waals surface area (Å²) in [6.45, 7) is 9.84. The molecule has 1 saturated heterocycles. The molecule has 2 aromatic carbocycles. The van der Waals surface area contributed by atoms with E-state index < -0.39 is 0 Å². The van der Waals surface area contributed by atoms with Gasteiger partial charge in [0.2, 0.25) is 0 Å². The van der Waals surface area contributed by atoms with Crippen LogP contribution in [0.1, 0.15) is 24.0 Å². The van der Waals surface area contributed by atoms with E-state index in [1.54, 1.807) is 7.11 Å². The molecular weight excluding hydrogens is 404 g/mol. The third-order valence-corrected chi connectivity index (χ3v) is 6.07. The molecule has 1 fully saturated rings. The number of fused-ring (bicyclic) bond motifs is 1. The molecule has 0 bridgehead atoms. The van der Waals surface area contributed by atoms with E-state index in [0.29, 0.717) is 12.2 Å². The van der Waals surface area contributed by atoms with Crippen molar-refractivity contribution in [3.8, 4) is 11.5 Å². The molecule has 0 N–H and O–H groups in total. The molecule has 3 aromatic rings. The molecule has 2 heterocycles. The third-order valence-electron chi connectivity index (χ3n) is 6.07. The van der Waals surface area contributed by atoms with Crippen molar-refractivity contribution < 1.29 is 13.9 Å². The molecule has 170 valence electrons. The van der Waals surface area contributed by atoms with Crippen LogP contribution < -0.4 is 20.0 Å². The number of aryl methyl sites for hydroxylation is 2. The van der Waals surface area contributed by atoms with Crippen molar-refractivity contribution >= 4 is 16.7 Å². The molecule has 0 aliphatic carbocycles. The number of rotatable bonds is 8. The molecular formula is C26H32N2O4. The SMILES string of the molecule is COc1cccc(N2CCN(CCCCOc3cc(C)cc4oc(=O)cc(C)c34)CC2)c1. The van der Waals surface area contributed by atoms with E-state index in [-0.39, 0.29) is 5.63 Å². The van der Waals surface area contributed by atoms with Gasteiger partial charge >= 0.3 is 5.63 Å². The van der Waals surface area contributed by atoms with E-state index in [4.69, 9.17) is 13.9 Å². The summed E-state index contributed by atoms with van der Waals surface area (Å²) in [6, 6.07) is 13.7. The van der Waals surface area contributed by atoms with E-state index in [1.165, 1.54) is 11.8 Å². The lowest BCUT2D eigenvalue weighted by atomic mass is 10.1. The van der Waals surface area contributed by atoms with Gasteiger partial charge in [-0.05, 0) is 68.6 Å². The second kappa shape index (κ2) is 10.1. The van der Waals surface area contributed by atoms with Crippen molar-refractivity contribution in [3.63, 3.8) is 0 Å². The van der Waals surface area contributed by atoms with Crippen molar-refractivity contribution in [1.29, 1.82) is 0 Å². The highest BCUT2D eigenvalue weighted by Gasteiger charge is 2.17. The van der Waals surface area contributed by atoms with Gasteiger partial charge in [-0.25, -0.2) is 4.79 Å². The molecule has 0 amide bonds. The number of ether oxygens (including phenoxy) is 2. The Hall–Kier alpha value is -2.99. The van der Waals surface area contributed by atoms with Crippen LogP contribution in [0.4, 0.5) is 5.69 Å². The third kappa shape index (κ3) is 5.25. The van der Waals surface area contributed by atoms with Crippen molar-refractivity contribution in [3.05, 3.63) is 64.0 Å². The number of anilines is 1. The Labute approximate surface area is 189 Å². The van der Waals surface area contributed by atoms with Crippen LogP contribution in [-0.4, -0.2) is 51.3 Å². The van der Waals surface area contributed by atoms with Crippen LogP contribution in [0.5, 0.6) is 11.5 Å². The van der Waals surface area contributed by atoms with Gasteiger partial charge in [0.15, 0.2) is 0 Å². The Kier molecular flexibility index (Phi) is 7.00. The summed E-state index contributed by atoms with van der Waals surface area (Å²) in [5.74, 6) is 1.71. The van der Waals surface area contributed by atoms with E-state index in [0.717, 1.165) is 73.6 Å². The Bertz CT molecular complexity index is 1120. The number of piperazine rings is 1. The highest BCUT2D eigenvalue weighted by Crippen LogP contribution is 2.29. The van der Waals surface area contributed by atoms with Gasteiger partial charge in [-0.3, -0.25) is 4.90 Å². The lowest BCUT2D eigenvalue weighted by Gasteiger charge is -2.36. The Morgan fingerprint density at radius 3 is 2.59 bits per heavy atom. The van der Waals surface area contributed by atoms with Gasteiger partial charge in [0.25, 0.3) is 0 Å². The number of methoxy groups -OCH3 is 1. The van der Waals surface area contributed by atoms with Crippen molar-refractivity contribution in [2.24, 2.45) is 0 Å². The maximum Gasteiger partial charge on any atom is 0.336 e. The average Bonchev–Trinajstić information content (AvgIpc) is 2.78. The fourth-order valence-electron chi connectivity index (χ4n) is 4.35. The normalized spacial score (nSPS) is 14.7. The van der Waals surface area contributed by atoms with Crippen LogP contribution in [0.25, 0.3) is 11.0 Å². The van der Waals surface area contributed by atoms with E-state index in [1.807, 2.05) is 38.1 Å². The molecule has 32 heavy (non-hydrogen) atoms. The average molecular weight is 437 g/mol.